The van der Waals surface area contributed by atoms with Crippen LogP contribution in [0, 0.1) is 0 Å². The van der Waals surface area contributed by atoms with Gasteiger partial charge in [-0.3, -0.25) is 4.79 Å². The highest BCUT2D eigenvalue weighted by atomic mass is 16.6. The predicted octanol–water partition coefficient (Wildman–Crippen LogP) is 2.65. The summed E-state index contributed by atoms with van der Waals surface area (Å²) in [4.78, 5) is 24.4. The second-order valence-electron chi connectivity index (χ2n) is 5.62. The average Bonchev–Trinajstić information content (AvgIpc) is 2.67. The van der Waals surface area contributed by atoms with Crippen molar-refractivity contribution in [2.45, 2.75) is 13.0 Å². The Kier molecular flexibility index (Phi) is 5.26. The van der Waals surface area contributed by atoms with Gasteiger partial charge in [0.05, 0.1) is 12.7 Å². The molecule has 0 aliphatic carbocycles. The minimum atomic E-state index is -0.960. The van der Waals surface area contributed by atoms with Gasteiger partial charge in [-0.1, -0.05) is 0 Å². The number of hydrogen-bond donors (Lipinski definition) is 1. The van der Waals surface area contributed by atoms with E-state index in [0.29, 0.717) is 41.7 Å². The molecule has 136 valence electrons. The van der Waals surface area contributed by atoms with Gasteiger partial charge in [-0.05, 0) is 43.3 Å². The lowest BCUT2D eigenvalue weighted by molar-refractivity contribution is -0.123. The number of carbonyl (C=O) groups is 2. The van der Waals surface area contributed by atoms with Gasteiger partial charge >= 0.3 is 5.97 Å². The van der Waals surface area contributed by atoms with Crippen molar-refractivity contribution in [1.82, 2.24) is 0 Å². The summed E-state index contributed by atoms with van der Waals surface area (Å²) in [6.45, 7) is 2.46. The van der Waals surface area contributed by atoms with Gasteiger partial charge in [-0.2, -0.15) is 0 Å². The first-order chi connectivity index (χ1) is 12.6. The summed E-state index contributed by atoms with van der Waals surface area (Å²) >= 11 is 0. The SMILES string of the molecule is COc1ccc(C(=O)O[C@H](C)C(=O)Nc2ccc3c(c2)OCCO3)cc1. The molecule has 0 aromatic heterocycles. The zero-order valence-corrected chi connectivity index (χ0v) is 14.5. The molecule has 1 amide bonds. The Morgan fingerprint density at radius 1 is 1.04 bits per heavy atom. The van der Waals surface area contributed by atoms with Gasteiger partial charge in [-0.25, -0.2) is 4.79 Å². The number of esters is 1. The Bertz CT molecular complexity index is 802. The van der Waals surface area contributed by atoms with Gasteiger partial charge in [-0.15, -0.1) is 0 Å². The fourth-order valence-electron chi connectivity index (χ4n) is 2.37. The lowest BCUT2D eigenvalue weighted by Crippen LogP contribution is -2.30. The van der Waals surface area contributed by atoms with Crippen molar-refractivity contribution in [3.05, 3.63) is 48.0 Å². The van der Waals surface area contributed by atoms with E-state index in [0.717, 1.165) is 0 Å². The molecule has 2 aromatic rings. The molecule has 0 saturated heterocycles. The maximum absolute atomic E-state index is 12.3. The molecule has 0 fully saturated rings. The van der Waals surface area contributed by atoms with Crippen molar-refractivity contribution in [3.63, 3.8) is 0 Å². The van der Waals surface area contributed by atoms with E-state index in [9.17, 15) is 9.59 Å². The number of anilines is 1. The fraction of sp³-hybridized carbons (Fsp3) is 0.263. The van der Waals surface area contributed by atoms with Crippen molar-refractivity contribution in [3.8, 4) is 17.2 Å². The summed E-state index contributed by atoms with van der Waals surface area (Å²) < 4.78 is 21.2. The summed E-state index contributed by atoms with van der Waals surface area (Å²) in [6, 6.07) is 11.5. The number of carbonyl (C=O) groups excluding carboxylic acids is 2. The van der Waals surface area contributed by atoms with Gasteiger partial charge in [0.1, 0.15) is 19.0 Å². The van der Waals surface area contributed by atoms with E-state index < -0.39 is 18.0 Å². The molecule has 7 nitrogen and oxygen atoms in total. The number of fused-ring (bicyclic) bond motifs is 1. The Morgan fingerprint density at radius 3 is 2.42 bits per heavy atom. The van der Waals surface area contributed by atoms with E-state index in [1.807, 2.05) is 0 Å². The standard InChI is InChI=1S/C19H19NO6/c1-12(26-19(22)13-3-6-15(23-2)7-4-13)18(21)20-14-5-8-16-17(11-14)25-10-9-24-16/h3-8,11-12H,9-10H2,1-2H3,(H,20,21)/t12-/m1/s1. The molecular weight excluding hydrogens is 338 g/mol. The van der Waals surface area contributed by atoms with Crippen LogP contribution >= 0.6 is 0 Å². The maximum atomic E-state index is 12.3. The molecule has 3 rings (SSSR count). The largest absolute Gasteiger partial charge is 0.497 e. The van der Waals surface area contributed by atoms with E-state index in [2.05, 4.69) is 5.32 Å². The first-order valence-corrected chi connectivity index (χ1v) is 8.12. The van der Waals surface area contributed by atoms with Gasteiger partial charge in [0.25, 0.3) is 5.91 Å². The van der Waals surface area contributed by atoms with Crippen molar-refractivity contribution in [1.29, 1.82) is 0 Å². The molecule has 1 heterocycles. The summed E-state index contributed by atoms with van der Waals surface area (Å²) in [7, 11) is 1.54. The zero-order chi connectivity index (χ0) is 18.5. The fourth-order valence-corrected chi connectivity index (χ4v) is 2.37. The highest BCUT2D eigenvalue weighted by Gasteiger charge is 2.20. The molecule has 7 heteroatoms. The number of amides is 1. The Hall–Kier alpha value is -3.22. The average molecular weight is 357 g/mol. The first kappa shape index (κ1) is 17.6. The molecular formula is C19H19NO6. The van der Waals surface area contributed by atoms with E-state index in [1.54, 1.807) is 42.5 Å². The first-order valence-electron chi connectivity index (χ1n) is 8.12. The predicted molar refractivity (Wildman–Crippen MR) is 93.9 cm³/mol. The molecule has 1 N–H and O–H groups in total. The lowest BCUT2D eigenvalue weighted by Gasteiger charge is -2.19. The minimum Gasteiger partial charge on any atom is -0.497 e. The zero-order valence-electron chi connectivity index (χ0n) is 14.5. The van der Waals surface area contributed by atoms with Crippen LogP contribution in [0.4, 0.5) is 5.69 Å². The van der Waals surface area contributed by atoms with Crippen LogP contribution in [0.2, 0.25) is 0 Å². The third-order valence-corrected chi connectivity index (χ3v) is 3.79. The molecule has 0 spiro atoms. The normalized spacial score (nSPS) is 13.5. The summed E-state index contributed by atoms with van der Waals surface area (Å²) in [5.74, 6) is 0.803. The highest BCUT2D eigenvalue weighted by Crippen LogP contribution is 2.32. The quantitative estimate of drug-likeness (QED) is 0.829. The second kappa shape index (κ2) is 7.77. The number of benzene rings is 2. The van der Waals surface area contributed by atoms with E-state index in [1.165, 1.54) is 14.0 Å². The Morgan fingerprint density at radius 2 is 1.73 bits per heavy atom. The summed E-state index contributed by atoms with van der Waals surface area (Å²) in [5, 5.41) is 2.70. The molecule has 0 saturated carbocycles. The summed E-state index contributed by atoms with van der Waals surface area (Å²) in [6.07, 6.45) is -0.960. The number of ether oxygens (including phenoxy) is 4. The monoisotopic (exact) mass is 357 g/mol. The molecule has 0 unspecified atom stereocenters. The van der Waals surface area contributed by atoms with Crippen LogP contribution in [0.3, 0.4) is 0 Å². The van der Waals surface area contributed by atoms with Crippen LogP contribution in [0.25, 0.3) is 0 Å². The maximum Gasteiger partial charge on any atom is 0.338 e. The van der Waals surface area contributed by atoms with Crippen LogP contribution in [-0.2, 0) is 9.53 Å². The van der Waals surface area contributed by atoms with Crippen LogP contribution in [-0.4, -0.2) is 38.3 Å². The molecule has 0 radical (unpaired) electrons. The van der Waals surface area contributed by atoms with E-state index >= 15 is 0 Å². The lowest BCUT2D eigenvalue weighted by atomic mass is 10.2. The highest BCUT2D eigenvalue weighted by molar-refractivity contribution is 5.97. The number of nitrogens with one attached hydrogen (secondary N) is 1. The van der Waals surface area contributed by atoms with E-state index in [4.69, 9.17) is 18.9 Å². The number of hydrogen-bond acceptors (Lipinski definition) is 6. The molecule has 1 aliphatic heterocycles. The van der Waals surface area contributed by atoms with Crippen molar-refractivity contribution < 1.29 is 28.5 Å². The third kappa shape index (κ3) is 4.05. The smallest absolute Gasteiger partial charge is 0.338 e. The Labute approximate surface area is 150 Å². The van der Waals surface area contributed by atoms with Gasteiger partial charge in [0.2, 0.25) is 0 Å². The van der Waals surface area contributed by atoms with Crippen LogP contribution in [0.1, 0.15) is 17.3 Å². The summed E-state index contributed by atoms with van der Waals surface area (Å²) in [5.41, 5.74) is 0.872. The molecule has 2 aromatic carbocycles. The van der Waals surface area contributed by atoms with Crippen LogP contribution in [0.15, 0.2) is 42.5 Å². The van der Waals surface area contributed by atoms with Gasteiger partial charge in [0.15, 0.2) is 17.6 Å². The van der Waals surface area contributed by atoms with E-state index in [-0.39, 0.29) is 0 Å². The minimum absolute atomic E-state index is 0.338. The van der Waals surface area contributed by atoms with Crippen LogP contribution < -0.4 is 19.5 Å². The Balaban J connectivity index is 1.59. The van der Waals surface area contributed by atoms with Crippen molar-refractivity contribution in [2.75, 3.05) is 25.6 Å². The van der Waals surface area contributed by atoms with Crippen molar-refractivity contribution >= 4 is 17.6 Å². The van der Waals surface area contributed by atoms with Crippen molar-refractivity contribution in [2.24, 2.45) is 0 Å². The van der Waals surface area contributed by atoms with Gasteiger partial charge in [0, 0.05) is 11.8 Å². The molecule has 1 aliphatic rings. The molecule has 1 atom stereocenters. The topological polar surface area (TPSA) is 83.1 Å². The number of methoxy groups -OCH3 is 1. The van der Waals surface area contributed by atoms with Gasteiger partial charge < -0.3 is 24.3 Å². The number of rotatable bonds is 5. The second-order valence-corrected chi connectivity index (χ2v) is 5.62. The molecule has 26 heavy (non-hydrogen) atoms. The van der Waals surface area contributed by atoms with Crippen LogP contribution in [0.5, 0.6) is 17.2 Å². The molecule has 0 bridgehead atoms. The third-order valence-electron chi connectivity index (χ3n) is 3.79.